The number of aromatic nitrogens is 1. The molecule has 3 saturated carbocycles. The standard InChI is InChI=1S/C28H34F2N2O2.C2H7N/c1-25-11-12-27(30)16-26(29)15-20(33)5-4-19(26)8-10-28(27,34)23(25)7-6-22(25)18-3-2-17-9-13-32-24(31)21(17)14-18;1-3-2/h2-3,6,9,13-14,19-20,23,33-34H,4-5,7-8,10-12,15-16H2,1H3,(H2,31,32);3H,1-2H3/t19?,20?,23?,25?,26?,27?,28-;/m0./s1. The maximum Gasteiger partial charge on any atom is 0.142 e. The van der Waals surface area contributed by atoms with Crippen LogP contribution >= 0.6 is 0 Å². The Balaban J connectivity index is 0.000000892. The van der Waals surface area contributed by atoms with Gasteiger partial charge in [-0.15, -0.1) is 0 Å². The molecule has 0 radical (unpaired) electrons. The molecule has 0 amide bonds. The van der Waals surface area contributed by atoms with Crippen LogP contribution in [0.5, 0.6) is 0 Å². The van der Waals surface area contributed by atoms with Crippen molar-refractivity contribution in [1.82, 2.24) is 10.3 Å². The molecule has 0 aliphatic heterocycles. The van der Waals surface area contributed by atoms with Gasteiger partial charge in [0.1, 0.15) is 22.8 Å². The summed E-state index contributed by atoms with van der Waals surface area (Å²) in [6, 6.07) is 8.09. The first-order chi connectivity index (χ1) is 17.5. The minimum absolute atomic E-state index is 0.0165. The van der Waals surface area contributed by atoms with E-state index in [1.807, 2.05) is 26.2 Å². The fourth-order valence-corrected chi connectivity index (χ4v) is 8.17. The molecule has 4 aliphatic carbocycles. The maximum atomic E-state index is 16.8. The van der Waals surface area contributed by atoms with Crippen molar-refractivity contribution in [3.63, 3.8) is 0 Å². The largest absolute Gasteiger partial charge is 0.393 e. The van der Waals surface area contributed by atoms with E-state index in [9.17, 15) is 10.2 Å². The smallest absolute Gasteiger partial charge is 0.142 e. The highest BCUT2D eigenvalue weighted by Gasteiger charge is 2.69. The Morgan fingerprint density at radius 3 is 2.59 bits per heavy atom. The summed E-state index contributed by atoms with van der Waals surface area (Å²) in [5, 5.41) is 26.9. The molecule has 7 atom stereocenters. The van der Waals surface area contributed by atoms with Gasteiger partial charge in [0, 0.05) is 30.3 Å². The van der Waals surface area contributed by atoms with E-state index in [0.29, 0.717) is 37.9 Å². The Morgan fingerprint density at radius 1 is 1.08 bits per heavy atom. The van der Waals surface area contributed by atoms with Crippen LogP contribution < -0.4 is 11.1 Å². The van der Waals surface area contributed by atoms with Crippen LogP contribution in [0, 0.1) is 17.3 Å². The zero-order valence-corrected chi connectivity index (χ0v) is 22.2. The predicted octanol–water partition coefficient (Wildman–Crippen LogP) is 5.35. The van der Waals surface area contributed by atoms with Crippen LogP contribution in [0.4, 0.5) is 14.6 Å². The van der Waals surface area contributed by atoms with E-state index in [1.54, 1.807) is 6.20 Å². The second kappa shape index (κ2) is 9.28. The van der Waals surface area contributed by atoms with Crippen molar-refractivity contribution in [2.45, 2.75) is 87.8 Å². The van der Waals surface area contributed by atoms with Crippen molar-refractivity contribution in [3.05, 3.63) is 42.1 Å². The normalized spacial score (nSPS) is 40.9. The van der Waals surface area contributed by atoms with Gasteiger partial charge in [-0.3, -0.25) is 0 Å². The van der Waals surface area contributed by atoms with E-state index in [1.165, 1.54) is 0 Å². The molecule has 6 rings (SSSR count). The number of hydrogen-bond acceptors (Lipinski definition) is 5. The third kappa shape index (κ3) is 4.09. The molecule has 1 aromatic carbocycles. The zero-order valence-electron chi connectivity index (χ0n) is 22.2. The van der Waals surface area contributed by atoms with Crippen LogP contribution in [0.1, 0.15) is 70.3 Å². The first kappa shape index (κ1) is 26.5. The summed E-state index contributed by atoms with van der Waals surface area (Å²) in [5.41, 5.74) is 2.55. The molecule has 1 heterocycles. The van der Waals surface area contributed by atoms with Gasteiger partial charge in [-0.05, 0) is 99.0 Å². The summed E-state index contributed by atoms with van der Waals surface area (Å²) in [6.07, 6.45) is 5.89. The van der Waals surface area contributed by atoms with Gasteiger partial charge >= 0.3 is 0 Å². The molecule has 0 bridgehead atoms. The maximum absolute atomic E-state index is 16.8. The Morgan fingerprint density at radius 2 is 1.84 bits per heavy atom. The highest BCUT2D eigenvalue weighted by Crippen LogP contribution is 2.67. The molecule has 7 heteroatoms. The predicted molar refractivity (Wildman–Crippen MR) is 144 cm³/mol. The second-order valence-corrected chi connectivity index (χ2v) is 12.2. The third-order valence-corrected chi connectivity index (χ3v) is 10.0. The van der Waals surface area contributed by atoms with Crippen molar-refractivity contribution in [1.29, 1.82) is 0 Å². The highest BCUT2D eigenvalue weighted by molar-refractivity contribution is 5.93. The van der Waals surface area contributed by atoms with Gasteiger partial charge in [-0.25, -0.2) is 13.8 Å². The average molecular weight is 514 g/mol. The molecule has 5 nitrogen and oxygen atoms in total. The summed E-state index contributed by atoms with van der Waals surface area (Å²) >= 11 is 0. The number of nitrogen functional groups attached to an aromatic ring is 1. The van der Waals surface area contributed by atoms with Crippen molar-refractivity contribution < 1.29 is 19.0 Å². The quantitative estimate of drug-likeness (QED) is 0.413. The number of nitrogens with one attached hydrogen (secondary N) is 1. The van der Waals surface area contributed by atoms with Gasteiger partial charge in [0.05, 0.1) is 6.10 Å². The summed E-state index contributed by atoms with van der Waals surface area (Å²) in [5.74, 6) is -0.134. The Labute approximate surface area is 218 Å². The lowest BCUT2D eigenvalue weighted by atomic mass is 9.52. The molecule has 3 fully saturated rings. The summed E-state index contributed by atoms with van der Waals surface area (Å²) in [7, 11) is 3.75. The summed E-state index contributed by atoms with van der Waals surface area (Å²) in [4.78, 5) is 4.22. The topological polar surface area (TPSA) is 91.4 Å². The molecule has 37 heavy (non-hydrogen) atoms. The number of allylic oxidation sites excluding steroid dienone is 2. The van der Waals surface area contributed by atoms with Gasteiger partial charge < -0.3 is 21.3 Å². The highest BCUT2D eigenvalue weighted by atomic mass is 19.2. The molecular formula is C30H41F2N3O2. The Bertz CT molecular complexity index is 1210. The number of halogens is 2. The fourth-order valence-electron chi connectivity index (χ4n) is 8.17. The van der Waals surface area contributed by atoms with E-state index < -0.39 is 28.5 Å². The molecule has 6 unspecified atom stereocenters. The Kier molecular flexibility index (Phi) is 6.65. The van der Waals surface area contributed by atoms with Gasteiger partial charge in [0.15, 0.2) is 0 Å². The monoisotopic (exact) mass is 513 g/mol. The number of pyridine rings is 1. The van der Waals surface area contributed by atoms with E-state index in [0.717, 1.165) is 21.9 Å². The number of benzene rings is 1. The fraction of sp³-hybridized carbons (Fsp3) is 0.633. The van der Waals surface area contributed by atoms with Crippen molar-refractivity contribution >= 4 is 22.2 Å². The van der Waals surface area contributed by atoms with Crippen LogP contribution in [0.15, 0.2) is 36.5 Å². The SMILES string of the molecule is CC12CCC3(F)CC4(F)CC(O)CCC4CC[C@]3(O)C1CC=C2c1ccc2ccnc(N)c2c1.CNC. The molecule has 202 valence electrons. The first-order valence-electron chi connectivity index (χ1n) is 13.7. The van der Waals surface area contributed by atoms with Gasteiger partial charge in [0.25, 0.3) is 0 Å². The molecule has 2 aromatic rings. The number of nitrogens with two attached hydrogens (primary N) is 1. The van der Waals surface area contributed by atoms with Gasteiger partial charge in [0.2, 0.25) is 0 Å². The van der Waals surface area contributed by atoms with Crippen LogP contribution in [0.25, 0.3) is 16.3 Å². The van der Waals surface area contributed by atoms with Crippen LogP contribution in [0.3, 0.4) is 0 Å². The van der Waals surface area contributed by atoms with Crippen LogP contribution in [-0.4, -0.2) is 52.3 Å². The Hall–Kier alpha value is -2.09. The van der Waals surface area contributed by atoms with E-state index in [-0.39, 0.29) is 37.5 Å². The lowest BCUT2D eigenvalue weighted by Crippen LogP contribution is -2.63. The van der Waals surface area contributed by atoms with E-state index in [2.05, 4.69) is 35.4 Å². The molecule has 4 aliphatic rings. The number of alkyl halides is 2. The van der Waals surface area contributed by atoms with E-state index >= 15 is 8.78 Å². The van der Waals surface area contributed by atoms with Gasteiger partial charge in [-0.2, -0.15) is 0 Å². The van der Waals surface area contributed by atoms with Crippen molar-refractivity contribution in [3.8, 4) is 0 Å². The molecule has 0 spiro atoms. The average Bonchev–Trinajstić information content (AvgIpc) is 3.16. The number of nitrogens with zero attached hydrogens (tertiary/aromatic N) is 1. The van der Waals surface area contributed by atoms with Crippen LogP contribution in [-0.2, 0) is 0 Å². The number of aliphatic hydroxyl groups excluding tert-OH is 1. The van der Waals surface area contributed by atoms with Crippen LogP contribution in [0.2, 0.25) is 0 Å². The minimum atomic E-state index is -1.99. The summed E-state index contributed by atoms with van der Waals surface area (Å²) in [6.45, 7) is 2.14. The van der Waals surface area contributed by atoms with Crippen molar-refractivity contribution in [2.24, 2.45) is 17.3 Å². The lowest BCUT2D eigenvalue weighted by Gasteiger charge is -2.56. The van der Waals surface area contributed by atoms with Crippen molar-refractivity contribution in [2.75, 3.05) is 19.8 Å². The summed E-state index contributed by atoms with van der Waals surface area (Å²) < 4.78 is 32.9. The number of aliphatic hydroxyl groups is 2. The lowest BCUT2D eigenvalue weighted by molar-refractivity contribution is -0.201. The number of anilines is 1. The molecule has 0 saturated heterocycles. The molecule has 1 aromatic heterocycles. The third-order valence-electron chi connectivity index (χ3n) is 10.0. The van der Waals surface area contributed by atoms with Gasteiger partial charge in [-0.1, -0.05) is 25.1 Å². The van der Waals surface area contributed by atoms with E-state index in [4.69, 9.17) is 5.73 Å². The minimum Gasteiger partial charge on any atom is -0.393 e. The number of rotatable bonds is 1. The second-order valence-electron chi connectivity index (χ2n) is 12.2. The first-order valence-corrected chi connectivity index (χ1v) is 13.7. The number of fused-ring (bicyclic) bond motifs is 5. The zero-order chi connectivity index (χ0) is 26.6. The molecule has 5 N–H and O–H groups in total. The number of hydrogen-bond donors (Lipinski definition) is 4. The molecular weight excluding hydrogens is 472 g/mol.